The van der Waals surface area contributed by atoms with E-state index in [-0.39, 0.29) is 11.9 Å². The Labute approximate surface area is 198 Å². The van der Waals surface area contributed by atoms with Crippen LogP contribution in [0.2, 0.25) is 5.02 Å². The summed E-state index contributed by atoms with van der Waals surface area (Å²) in [6.45, 7) is 5.06. The molecule has 1 fully saturated rings. The molecule has 2 aliphatic rings. The SMILES string of the molecule is CN1CCN(c2cc(-c3ccc4c(c3)CN(C(=O)c3cccc(Cl)c3)CC4)nc(N)n2)CC1. The summed E-state index contributed by atoms with van der Waals surface area (Å²) in [4.78, 5) is 28.5. The summed E-state index contributed by atoms with van der Waals surface area (Å²) in [5, 5.41) is 0.568. The van der Waals surface area contributed by atoms with Gasteiger partial charge in [0.25, 0.3) is 5.91 Å². The molecule has 5 rings (SSSR count). The Kier molecular flexibility index (Phi) is 5.91. The Balaban J connectivity index is 1.40. The number of nitrogens with zero attached hydrogens (tertiary/aromatic N) is 5. The van der Waals surface area contributed by atoms with Gasteiger partial charge in [0.05, 0.1) is 5.69 Å². The van der Waals surface area contributed by atoms with Crippen LogP contribution >= 0.6 is 11.6 Å². The lowest BCUT2D eigenvalue weighted by atomic mass is 9.95. The number of nitrogens with two attached hydrogens (primary N) is 1. The molecule has 0 bridgehead atoms. The van der Waals surface area contributed by atoms with E-state index in [0.29, 0.717) is 23.7 Å². The number of nitrogen functional groups attached to an aromatic ring is 1. The zero-order valence-corrected chi connectivity index (χ0v) is 19.4. The van der Waals surface area contributed by atoms with Crippen LogP contribution < -0.4 is 10.6 Å². The van der Waals surface area contributed by atoms with E-state index in [2.05, 4.69) is 45.0 Å². The van der Waals surface area contributed by atoms with Gasteiger partial charge in [0, 0.05) is 61.5 Å². The van der Waals surface area contributed by atoms with Gasteiger partial charge in [0.1, 0.15) is 5.82 Å². The first-order chi connectivity index (χ1) is 16.0. The van der Waals surface area contributed by atoms with Crippen LogP contribution in [0, 0.1) is 0 Å². The van der Waals surface area contributed by atoms with Crippen LogP contribution in [0.15, 0.2) is 48.5 Å². The van der Waals surface area contributed by atoms with Gasteiger partial charge in [-0.3, -0.25) is 4.79 Å². The molecule has 7 nitrogen and oxygen atoms in total. The molecule has 0 unspecified atom stereocenters. The van der Waals surface area contributed by atoms with Crippen LogP contribution in [0.5, 0.6) is 0 Å². The monoisotopic (exact) mass is 462 g/mol. The summed E-state index contributed by atoms with van der Waals surface area (Å²) in [5.74, 6) is 1.13. The molecular weight excluding hydrogens is 436 g/mol. The number of aromatic nitrogens is 2. The first kappa shape index (κ1) is 21.7. The zero-order chi connectivity index (χ0) is 22.9. The van der Waals surface area contributed by atoms with Crippen LogP contribution in [0.25, 0.3) is 11.3 Å². The number of fused-ring (bicyclic) bond motifs is 1. The molecule has 1 saturated heterocycles. The number of hydrogen-bond acceptors (Lipinski definition) is 6. The molecule has 0 atom stereocenters. The average Bonchev–Trinajstić information content (AvgIpc) is 2.83. The van der Waals surface area contributed by atoms with Gasteiger partial charge in [-0.15, -0.1) is 0 Å². The molecule has 3 aromatic rings. The Bertz CT molecular complexity index is 1190. The summed E-state index contributed by atoms with van der Waals surface area (Å²) >= 11 is 6.09. The van der Waals surface area contributed by atoms with E-state index in [4.69, 9.17) is 17.3 Å². The second-order valence-corrected chi connectivity index (χ2v) is 9.17. The topological polar surface area (TPSA) is 78.6 Å². The van der Waals surface area contributed by atoms with Crippen molar-refractivity contribution in [3.05, 3.63) is 70.2 Å². The number of carbonyl (C=O) groups excluding carboxylic acids is 1. The molecular formula is C25H27ClN6O. The summed E-state index contributed by atoms with van der Waals surface area (Å²) in [5.41, 5.74) is 10.9. The van der Waals surface area contributed by atoms with E-state index in [1.54, 1.807) is 12.1 Å². The summed E-state index contributed by atoms with van der Waals surface area (Å²) in [6, 6.07) is 15.5. The number of rotatable bonds is 3. The average molecular weight is 463 g/mol. The first-order valence-electron chi connectivity index (χ1n) is 11.2. The van der Waals surface area contributed by atoms with E-state index in [9.17, 15) is 4.79 Å². The molecule has 0 spiro atoms. The summed E-state index contributed by atoms with van der Waals surface area (Å²) in [7, 11) is 2.13. The summed E-state index contributed by atoms with van der Waals surface area (Å²) < 4.78 is 0. The van der Waals surface area contributed by atoms with E-state index < -0.39 is 0 Å². The van der Waals surface area contributed by atoms with Crippen molar-refractivity contribution in [2.45, 2.75) is 13.0 Å². The second kappa shape index (κ2) is 9.00. The number of hydrogen-bond donors (Lipinski definition) is 1. The highest BCUT2D eigenvalue weighted by Gasteiger charge is 2.23. The number of halogens is 1. The van der Waals surface area contributed by atoms with Crippen molar-refractivity contribution < 1.29 is 4.79 Å². The second-order valence-electron chi connectivity index (χ2n) is 8.73. The molecule has 1 amide bonds. The van der Waals surface area contributed by atoms with Gasteiger partial charge in [0.2, 0.25) is 5.95 Å². The van der Waals surface area contributed by atoms with Crippen molar-refractivity contribution >= 4 is 29.3 Å². The highest BCUT2D eigenvalue weighted by atomic mass is 35.5. The van der Waals surface area contributed by atoms with Gasteiger partial charge in [-0.05, 0) is 48.9 Å². The van der Waals surface area contributed by atoms with Crippen LogP contribution in [0.3, 0.4) is 0 Å². The Hall–Kier alpha value is -3.16. The van der Waals surface area contributed by atoms with Crippen molar-refractivity contribution in [3.8, 4) is 11.3 Å². The van der Waals surface area contributed by atoms with Crippen molar-refractivity contribution in [1.29, 1.82) is 0 Å². The van der Waals surface area contributed by atoms with E-state index in [0.717, 1.165) is 55.2 Å². The van der Waals surface area contributed by atoms with E-state index in [1.165, 1.54) is 5.56 Å². The van der Waals surface area contributed by atoms with Crippen molar-refractivity contribution in [3.63, 3.8) is 0 Å². The third-order valence-corrected chi connectivity index (χ3v) is 6.67. The minimum Gasteiger partial charge on any atom is -0.368 e. The van der Waals surface area contributed by atoms with Crippen molar-refractivity contribution in [2.24, 2.45) is 0 Å². The fraction of sp³-hybridized carbons (Fsp3) is 0.320. The van der Waals surface area contributed by atoms with Gasteiger partial charge in [0.15, 0.2) is 0 Å². The van der Waals surface area contributed by atoms with Crippen LogP contribution in [0.1, 0.15) is 21.5 Å². The standard InChI is InChI=1S/C25H27ClN6O/c1-30-9-11-31(12-10-30)23-15-22(28-25(27)29-23)18-6-5-17-7-8-32(16-20(17)13-18)24(33)19-3-2-4-21(26)14-19/h2-6,13-15H,7-12,16H2,1H3,(H2,27,28,29). The molecule has 2 aromatic carbocycles. The van der Waals surface area contributed by atoms with Gasteiger partial charge in [-0.1, -0.05) is 29.8 Å². The predicted octanol–water partition coefficient (Wildman–Crippen LogP) is 3.33. The molecule has 1 aromatic heterocycles. The predicted molar refractivity (Wildman–Crippen MR) is 131 cm³/mol. The largest absolute Gasteiger partial charge is 0.368 e. The molecule has 8 heteroatoms. The molecule has 3 heterocycles. The van der Waals surface area contributed by atoms with Crippen LogP contribution in [-0.4, -0.2) is 65.4 Å². The Morgan fingerprint density at radius 1 is 0.970 bits per heavy atom. The first-order valence-corrected chi connectivity index (χ1v) is 11.6. The number of benzene rings is 2. The molecule has 170 valence electrons. The molecule has 0 aliphatic carbocycles. The molecule has 33 heavy (non-hydrogen) atoms. The molecule has 0 radical (unpaired) electrons. The Morgan fingerprint density at radius 2 is 1.79 bits per heavy atom. The van der Waals surface area contributed by atoms with Gasteiger partial charge < -0.3 is 20.4 Å². The lowest BCUT2D eigenvalue weighted by Crippen LogP contribution is -2.44. The maximum Gasteiger partial charge on any atom is 0.254 e. The van der Waals surface area contributed by atoms with Crippen molar-refractivity contribution in [1.82, 2.24) is 19.8 Å². The number of likely N-dealkylation sites (N-methyl/N-ethyl adjacent to an activating group) is 1. The molecule has 2 aliphatic heterocycles. The third-order valence-electron chi connectivity index (χ3n) is 6.43. The maximum atomic E-state index is 13.0. The summed E-state index contributed by atoms with van der Waals surface area (Å²) in [6.07, 6.45) is 0.820. The minimum atomic E-state index is -0.00261. The number of amides is 1. The van der Waals surface area contributed by atoms with E-state index >= 15 is 0 Å². The maximum absolute atomic E-state index is 13.0. The fourth-order valence-corrected chi connectivity index (χ4v) is 4.68. The lowest BCUT2D eigenvalue weighted by molar-refractivity contribution is 0.0734. The van der Waals surface area contributed by atoms with Gasteiger partial charge in [-0.2, -0.15) is 4.98 Å². The number of piperazine rings is 1. The highest BCUT2D eigenvalue weighted by Crippen LogP contribution is 2.29. The lowest BCUT2D eigenvalue weighted by Gasteiger charge is -2.33. The number of carbonyl (C=O) groups is 1. The Morgan fingerprint density at radius 3 is 2.58 bits per heavy atom. The quantitative estimate of drug-likeness (QED) is 0.643. The van der Waals surface area contributed by atoms with Crippen LogP contribution in [-0.2, 0) is 13.0 Å². The number of anilines is 2. The van der Waals surface area contributed by atoms with Gasteiger partial charge in [-0.25, -0.2) is 4.98 Å². The highest BCUT2D eigenvalue weighted by molar-refractivity contribution is 6.30. The zero-order valence-electron chi connectivity index (χ0n) is 18.7. The van der Waals surface area contributed by atoms with E-state index in [1.807, 2.05) is 23.1 Å². The fourth-order valence-electron chi connectivity index (χ4n) is 4.49. The third kappa shape index (κ3) is 4.65. The normalized spacial score (nSPS) is 16.5. The van der Waals surface area contributed by atoms with Gasteiger partial charge >= 0.3 is 0 Å². The molecule has 2 N–H and O–H groups in total. The van der Waals surface area contributed by atoms with Crippen LogP contribution in [0.4, 0.5) is 11.8 Å². The van der Waals surface area contributed by atoms with Crippen molar-refractivity contribution in [2.75, 3.05) is 50.4 Å². The minimum absolute atomic E-state index is 0.00261. The smallest absolute Gasteiger partial charge is 0.254 e. The molecule has 0 saturated carbocycles.